The van der Waals surface area contributed by atoms with E-state index in [0.29, 0.717) is 18.3 Å². The summed E-state index contributed by atoms with van der Waals surface area (Å²) in [7, 11) is 0. The third kappa shape index (κ3) is 4.38. The van der Waals surface area contributed by atoms with Crippen LogP contribution in [-0.2, 0) is 19.4 Å². The van der Waals surface area contributed by atoms with Crippen LogP contribution in [0.4, 0.5) is 0 Å². The van der Waals surface area contributed by atoms with E-state index in [1.807, 2.05) is 12.1 Å². The third-order valence-electron chi connectivity index (χ3n) is 3.35. The lowest BCUT2D eigenvalue weighted by Crippen LogP contribution is -2.26. The molecule has 20 heavy (non-hydrogen) atoms. The monoisotopic (exact) mass is 274 g/mol. The molecule has 1 aromatic carbocycles. The van der Waals surface area contributed by atoms with E-state index in [1.54, 1.807) is 18.3 Å². The van der Waals surface area contributed by atoms with Gasteiger partial charge in [-0.1, -0.05) is 19.1 Å². The number of hydrogen-bond donors (Lipinski definition) is 2. The standard InChI is InChI=1S/C16H22N2O2/c1-3-15-10-18-16(20-15)11-17-12(2)4-5-13-6-8-14(19)9-7-13/h6-10,12,17,19H,3-5,11H2,1-2H3. The molecule has 0 fully saturated rings. The number of nitrogens with zero attached hydrogens (tertiary/aromatic N) is 1. The van der Waals surface area contributed by atoms with E-state index in [4.69, 9.17) is 4.42 Å². The van der Waals surface area contributed by atoms with Crippen LogP contribution in [0.5, 0.6) is 5.75 Å². The average molecular weight is 274 g/mol. The lowest BCUT2D eigenvalue weighted by atomic mass is 10.1. The van der Waals surface area contributed by atoms with Gasteiger partial charge in [0.25, 0.3) is 0 Å². The van der Waals surface area contributed by atoms with Crippen LogP contribution >= 0.6 is 0 Å². The second kappa shape index (κ2) is 7.10. The highest BCUT2D eigenvalue weighted by atomic mass is 16.4. The van der Waals surface area contributed by atoms with Crippen LogP contribution in [0.25, 0.3) is 0 Å². The van der Waals surface area contributed by atoms with Gasteiger partial charge in [-0.3, -0.25) is 0 Å². The molecule has 0 saturated carbocycles. The summed E-state index contributed by atoms with van der Waals surface area (Å²) in [6, 6.07) is 7.77. The van der Waals surface area contributed by atoms with E-state index in [1.165, 1.54) is 5.56 Å². The molecular weight excluding hydrogens is 252 g/mol. The minimum Gasteiger partial charge on any atom is -0.508 e. The molecule has 4 heteroatoms. The fourth-order valence-electron chi connectivity index (χ4n) is 2.00. The van der Waals surface area contributed by atoms with Crippen LogP contribution in [0.15, 0.2) is 34.9 Å². The largest absolute Gasteiger partial charge is 0.508 e. The van der Waals surface area contributed by atoms with E-state index in [9.17, 15) is 5.11 Å². The number of aryl methyl sites for hydroxylation is 2. The highest BCUT2D eigenvalue weighted by molar-refractivity contribution is 5.25. The Morgan fingerprint density at radius 1 is 1.30 bits per heavy atom. The SMILES string of the molecule is CCc1cnc(CNC(C)CCc2ccc(O)cc2)o1. The van der Waals surface area contributed by atoms with E-state index in [0.717, 1.165) is 30.9 Å². The first-order valence-electron chi connectivity index (χ1n) is 7.12. The van der Waals surface area contributed by atoms with Gasteiger partial charge in [0.05, 0.1) is 12.7 Å². The molecule has 2 rings (SSSR count). The van der Waals surface area contributed by atoms with E-state index >= 15 is 0 Å². The van der Waals surface area contributed by atoms with Gasteiger partial charge in [-0.2, -0.15) is 0 Å². The second-order valence-corrected chi connectivity index (χ2v) is 5.06. The quantitative estimate of drug-likeness (QED) is 0.814. The zero-order valence-electron chi connectivity index (χ0n) is 12.1. The number of benzene rings is 1. The molecule has 0 bridgehead atoms. The van der Waals surface area contributed by atoms with E-state index in [2.05, 4.69) is 24.1 Å². The van der Waals surface area contributed by atoms with Gasteiger partial charge in [-0.15, -0.1) is 0 Å². The van der Waals surface area contributed by atoms with Crippen LogP contribution in [0.2, 0.25) is 0 Å². The molecule has 1 aromatic heterocycles. The molecule has 0 saturated heterocycles. The number of phenolic OH excluding ortho intramolecular Hbond substituents is 1. The molecule has 1 heterocycles. The Morgan fingerprint density at radius 2 is 2.05 bits per heavy atom. The predicted molar refractivity (Wildman–Crippen MR) is 78.6 cm³/mol. The number of hydrogen-bond acceptors (Lipinski definition) is 4. The number of aromatic hydroxyl groups is 1. The fraction of sp³-hybridized carbons (Fsp3) is 0.438. The molecule has 4 nitrogen and oxygen atoms in total. The molecule has 0 spiro atoms. The van der Waals surface area contributed by atoms with Gasteiger partial charge < -0.3 is 14.8 Å². The lowest BCUT2D eigenvalue weighted by Gasteiger charge is -2.12. The van der Waals surface area contributed by atoms with Crippen molar-refractivity contribution in [2.45, 2.75) is 45.7 Å². The van der Waals surface area contributed by atoms with E-state index < -0.39 is 0 Å². The summed E-state index contributed by atoms with van der Waals surface area (Å²) in [6.45, 7) is 4.87. The Kier molecular flexibility index (Phi) is 5.18. The normalized spacial score (nSPS) is 12.5. The summed E-state index contributed by atoms with van der Waals surface area (Å²) in [5, 5.41) is 12.6. The molecule has 2 aromatic rings. The van der Waals surface area contributed by atoms with Gasteiger partial charge in [0.15, 0.2) is 0 Å². The predicted octanol–water partition coefficient (Wildman–Crippen LogP) is 3.05. The van der Waals surface area contributed by atoms with Crippen LogP contribution in [-0.4, -0.2) is 16.1 Å². The van der Waals surface area contributed by atoms with Crippen molar-refractivity contribution in [3.05, 3.63) is 47.7 Å². The number of nitrogens with one attached hydrogen (secondary N) is 1. The topological polar surface area (TPSA) is 58.3 Å². The van der Waals surface area contributed by atoms with Crippen molar-refractivity contribution in [3.63, 3.8) is 0 Å². The van der Waals surface area contributed by atoms with Gasteiger partial charge in [0, 0.05) is 12.5 Å². The van der Waals surface area contributed by atoms with Crippen molar-refractivity contribution in [3.8, 4) is 5.75 Å². The average Bonchev–Trinajstić information content (AvgIpc) is 2.92. The number of aromatic nitrogens is 1. The number of phenols is 1. The molecule has 1 atom stereocenters. The smallest absolute Gasteiger partial charge is 0.208 e. The second-order valence-electron chi connectivity index (χ2n) is 5.06. The summed E-state index contributed by atoms with van der Waals surface area (Å²) in [5.74, 6) is 1.99. The van der Waals surface area contributed by atoms with E-state index in [-0.39, 0.29) is 0 Å². The van der Waals surface area contributed by atoms with Gasteiger partial charge >= 0.3 is 0 Å². The van der Waals surface area contributed by atoms with Crippen molar-refractivity contribution in [1.29, 1.82) is 0 Å². The summed E-state index contributed by atoms with van der Waals surface area (Å²) in [4.78, 5) is 4.23. The van der Waals surface area contributed by atoms with Crippen LogP contribution < -0.4 is 5.32 Å². The lowest BCUT2D eigenvalue weighted by molar-refractivity contribution is 0.414. The van der Waals surface area contributed by atoms with Gasteiger partial charge in [-0.25, -0.2) is 4.98 Å². The number of rotatable bonds is 7. The molecule has 0 aliphatic rings. The maximum absolute atomic E-state index is 9.24. The van der Waals surface area contributed by atoms with Crippen molar-refractivity contribution >= 4 is 0 Å². The molecule has 2 N–H and O–H groups in total. The maximum atomic E-state index is 9.24. The van der Waals surface area contributed by atoms with Gasteiger partial charge in [-0.05, 0) is 37.5 Å². The zero-order chi connectivity index (χ0) is 14.4. The summed E-state index contributed by atoms with van der Waals surface area (Å²) < 4.78 is 5.56. The minimum atomic E-state index is 0.315. The summed E-state index contributed by atoms with van der Waals surface area (Å²) in [5.41, 5.74) is 1.24. The summed E-state index contributed by atoms with van der Waals surface area (Å²) >= 11 is 0. The first-order valence-corrected chi connectivity index (χ1v) is 7.12. The van der Waals surface area contributed by atoms with Crippen molar-refractivity contribution in [2.24, 2.45) is 0 Å². The Morgan fingerprint density at radius 3 is 2.70 bits per heavy atom. The number of oxazole rings is 1. The van der Waals surface area contributed by atoms with Crippen molar-refractivity contribution in [1.82, 2.24) is 10.3 Å². The van der Waals surface area contributed by atoms with Crippen LogP contribution in [0.3, 0.4) is 0 Å². The molecule has 0 aliphatic heterocycles. The van der Waals surface area contributed by atoms with Crippen LogP contribution in [0.1, 0.15) is 37.5 Å². The van der Waals surface area contributed by atoms with Crippen molar-refractivity contribution < 1.29 is 9.52 Å². The molecule has 108 valence electrons. The van der Waals surface area contributed by atoms with Crippen molar-refractivity contribution in [2.75, 3.05) is 0 Å². The van der Waals surface area contributed by atoms with Crippen LogP contribution in [0, 0.1) is 0 Å². The fourth-order valence-corrected chi connectivity index (χ4v) is 2.00. The Labute approximate surface area is 119 Å². The first-order chi connectivity index (χ1) is 9.67. The molecule has 1 unspecified atom stereocenters. The van der Waals surface area contributed by atoms with Gasteiger partial charge in [0.1, 0.15) is 11.5 Å². The zero-order valence-corrected chi connectivity index (χ0v) is 12.1. The maximum Gasteiger partial charge on any atom is 0.208 e. The minimum absolute atomic E-state index is 0.315. The Hall–Kier alpha value is -1.81. The molecular formula is C16H22N2O2. The first kappa shape index (κ1) is 14.6. The highest BCUT2D eigenvalue weighted by Crippen LogP contribution is 2.12. The Bertz CT molecular complexity index is 520. The van der Waals surface area contributed by atoms with Gasteiger partial charge in [0.2, 0.25) is 5.89 Å². The molecule has 0 radical (unpaired) electrons. The Balaban J connectivity index is 1.72. The third-order valence-corrected chi connectivity index (χ3v) is 3.35. The molecule has 0 aliphatic carbocycles. The summed E-state index contributed by atoms with van der Waals surface area (Å²) in [6.07, 6.45) is 4.69. The highest BCUT2D eigenvalue weighted by Gasteiger charge is 2.06. The molecule has 0 amide bonds.